The van der Waals surface area contributed by atoms with E-state index in [-0.39, 0.29) is 48.7 Å². The fourth-order valence-corrected chi connectivity index (χ4v) is 7.38. The Morgan fingerprint density at radius 3 is 2.43 bits per heavy atom. The number of nitrogens with zero attached hydrogens (tertiary/aromatic N) is 2. The van der Waals surface area contributed by atoms with Crippen molar-refractivity contribution in [2.75, 3.05) is 57.5 Å². The number of benzene rings is 4. The molecule has 4 aromatic carbocycles. The summed E-state index contributed by atoms with van der Waals surface area (Å²) in [5.41, 5.74) is 4.57. The van der Waals surface area contributed by atoms with Gasteiger partial charge in [0, 0.05) is 76.2 Å². The molecule has 0 unspecified atom stereocenters. The van der Waals surface area contributed by atoms with Gasteiger partial charge in [-0.2, -0.15) is 0 Å². The summed E-state index contributed by atoms with van der Waals surface area (Å²) in [6.45, 7) is 3.29. The predicted octanol–water partition coefficient (Wildman–Crippen LogP) is 7.04. The van der Waals surface area contributed by atoms with E-state index < -0.39 is 12.2 Å². The van der Waals surface area contributed by atoms with Crippen LogP contribution >= 0.6 is 0 Å². The zero-order valence-electron chi connectivity index (χ0n) is 34.1. The van der Waals surface area contributed by atoms with E-state index in [2.05, 4.69) is 25.8 Å². The lowest BCUT2D eigenvalue weighted by Crippen LogP contribution is -2.40. The molecular weight excluding hydrogens is 777 g/mol. The molecule has 0 saturated carbocycles. The number of H-pyrrole nitrogens is 1. The topological polar surface area (TPSA) is 186 Å². The molecule has 2 heterocycles. The van der Waals surface area contributed by atoms with Crippen LogP contribution in [-0.2, 0) is 20.9 Å². The second-order valence-electron chi connectivity index (χ2n) is 15.0. The van der Waals surface area contributed by atoms with Crippen LogP contribution in [0.4, 0.5) is 16.2 Å². The van der Waals surface area contributed by atoms with Crippen LogP contribution in [0.25, 0.3) is 22.0 Å². The maximum atomic E-state index is 12.9. The molecule has 1 aromatic heterocycles. The smallest absolute Gasteiger partial charge is 0.411 e. The second kappa shape index (κ2) is 22.4. The number of amides is 3. The monoisotopic (exact) mass is 834 g/mol. The number of hydrogen-bond donors (Lipinski definition) is 6. The van der Waals surface area contributed by atoms with Gasteiger partial charge in [-0.05, 0) is 72.7 Å². The van der Waals surface area contributed by atoms with E-state index in [9.17, 15) is 29.4 Å². The van der Waals surface area contributed by atoms with Gasteiger partial charge < -0.3 is 45.1 Å². The molecule has 1 aliphatic rings. The quantitative estimate of drug-likeness (QED) is 0.0501. The van der Waals surface area contributed by atoms with E-state index in [1.807, 2.05) is 66.7 Å². The average Bonchev–Trinajstić information content (AvgIpc) is 3.25. The average molecular weight is 835 g/mol. The van der Waals surface area contributed by atoms with Gasteiger partial charge in [0.15, 0.2) is 0 Å². The number of unbranched alkanes of at least 4 members (excludes halogenated alkanes) is 1. The number of fused-ring (bicyclic) bond motifs is 1. The molecule has 0 radical (unpaired) electrons. The van der Waals surface area contributed by atoms with E-state index in [1.54, 1.807) is 30.1 Å². The predicted molar refractivity (Wildman–Crippen MR) is 239 cm³/mol. The number of phenolic OH excluding ortho intramolecular Hbond substituents is 1. The lowest BCUT2D eigenvalue weighted by Gasteiger charge is -2.31. The standard InChI is InChI=1S/C46H54N6O8.CH4/c1-51(44(57)23-27-52-25-21-33(22-26-52)60-46(58)49-37-13-7-6-12-34(37)32-10-4-3-5-11-32)24-9-8-14-42(55)48-38-18-15-31(28-41(38)59-2)29-47-30-40(54)35-16-19-39(53)45-36(35)17-20-43(56)50-45;/h3-7,10-13,15-20,28,33,40,47,53-54H,8-9,14,21-27,29-30H2,1-2H3,(H,48,55)(H,49,58)(H,50,56);1H4/t40-;/m0./s1. The number of aliphatic hydroxyl groups is 1. The first-order chi connectivity index (χ1) is 29.1. The Hall–Kier alpha value is -6.22. The van der Waals surface area contributed by atoms with E-state index in [0.29, 0.717) is 86.2 Å². The Morgan fingerprint density at radius 2 is 1.66 bits per heavy atom. The van der Waals surface area contributed by atoms with Crippen molar-refractivity contribution in [1.29, 1.82) is 0 Å². The number of methoxy groups -OCH3 is 1. The minimum absolute atomic E-state index is 0. The number of carbonyl (C=O) groups excluding carboxylic acids is 3. The molecular formula is C47H58N6O8. The summed E-state index contributed by atoms with van der Waals surface area (Å²) in [6.07, 6.45) is 1.83. The Kier molecular flexibility index (Phi) is 16.8. The number of phenols is 1. The highest BCUT2D eigenvalue weighted by molar-refractivity contribution is 5.93. The molecule has 1 fully saturated rings. The van der Waals surface area contributed by atoms with Gasteiger partial charge in [0.25, 0.3) is 0 Å². The molecule has 14 nitrogen and oxygen atoms in total. The van der Waals surface area contributed by atoms with Crippen molar-refractivity contribution in [3.63, 3.8) is 0 Å². The Balaban J connectivity index is 0.00000704. The molecule has 6 rings (SSSR count). The third kappa shape index (κ3) is 12.9. The molecule has 1 atom stereocenters. The van der Waals surface area contributed by atoms with Gasteiger partial charge in [-0.1, -0.05) is 68.1 Å². The van der Waals surface area contributed by atoms with E-state index in [0.717, 1.165) is 29.8 Å². The SMILES string of the molecule is C.COc1cc(CNC[C@H](O)c2ccc(O)c3[nH]c(=O)ccc23)ccc1NC(=O)CCCCN(C)C(=O)CCN1CCC(OC(=O)Nc2ccccc2-c2ccccc2)CC1. The highest BCUT2D eigenvalue weighted by atomic mass is 16.6. The zero-order valence-corrected chi connectivity index (χ0v) is 34.1. The second-order valence-corrected chi connectivity index (χ2v) is 15.0. The molecule has 324 valence electrons. The number of ether oxygens (including phenoxy) is 2. The lowest BCUT2D eigenvalue weighted by atomic mass is 10.0. The number of likely N-dealkylation sites (tertiary alicyclic amines) is 1. The summed E-state index contributed by atoms with van der Waals surface area (Å²) in [6, 6.07) is 29.0. The fourth-order valence-electron chi connectivity index (χ4n) is 7.38. The number of para-hydroxylation sites is 1. The lowest BCUT2D eigenvalue weighted by molar-refractivity contribution is -0.130. The summed E-state index contributed by atoms with van der Waals surface area (Å²) >= 11 is 0. The zero-order chi connectivity index (χ0) is 42.4. The minimum Gasteiger partial charge on any atom is -0.506 e. The first kappa shape index (κ1) is 45.9. The van der Waals surface area contributed by atoms with Crippen LogP contribution in [0.15, 0.2) is 102 Å². The molecule has 5 aromatic rings. The molecule has 14 heteroatoms. The number of aromatic hydroxyl groups is 1. The number of aliphatic hydroxyl groups excluding tert-OH is 1. The van der Waals surface area contributed by atoms with Gasteiger partial charge in [0.2, 0.25) is 17.4 Å². The van der Waals surface area contributed by atoms with Crippen LogP contribution in [0.2, 0.25) is 0 Å². The molecule has 0 bridgehead atoms. The Bertz CT molecular complexity index is 2290. The molecule has 6 N–H and O–H groups in total. The summed E-state index contributed by atoms with van der Waals surface area (Å²) in [5.74, 6) is 0.334. The van der Waals surface area contributed by atoms with Crippen molar-refractivity contribution in [2.45, 2.75) is 64.7 Å². The number of nitrogens with one attached hydrogen (secondary N) is 4. The highest BCUT2D eigenvalue weighted by Gasteiger charge is 2.24. The number of pyridine rings is 1. The maximum Gasteiger partial charge on any atom is 0.411 e. The summed E-state index contributed by atoms with van der Waals surface area (Å²) < 4.78 is 11.3. The molecule has 61 heavy (non-hydrogen) atoms. The molecule has 1 aliphatic heterocycles. The summed E-state index contributed by atoms with van der Waals surface area (Å²) in [7, 11) is 3.32. The van der Waals surface area contributed by atoms with Crippen molar-refractivity contribution in [3.8, 4) is 22.6 Å². The number of carbonyl (C=O) groups is 3. The van der Waals surface area contributed by atoms with Crippen molar-refractivity contribution in [2.24, 2.45) is 0 Å². The van der Waals surface area contributed by atoms with Gasteiger partial charge >= 0.3 is 6.09 Å². The van der Waals surface area contributed by atoms with Crippen LogP contribution in [0, 0.1) is 0 Å². The normalized spacial score (nSPS) is 13.5. The first-order valence-electron chi connectivity index (χ1n) is 20.4. The fraction of sp³-hybridized carbons (Fsp3) is 0.362. The third-order valence-electron chi connectivity index (χ3n) is 10.7. The van der Waals surface area contributed by atoms with Crippen molar-refractivity contribution in [1.82, 2.24) is 20.1 Å². The number of aromatic amines is 1. The molecule has 0 aliphatic carbocycles. The van der Waals surface area contributed by atoms with Crippen molar-refractivity contribution < 1.29 is 34.1 Å². The minimum atomic E-state index is -0.897. The first-order valence-corrected chi connectivity index (χ1v) is 20.4. The van der Waals surface area contributed by atoms with E-state index in [1.165, 1.54) is 19.2 Å². The summed E-state index contributed by atoms with van der Waals surface area (Å²) in [5, 5.41) is 30.6. The van der Waals surface area contributed by atoms with Crippen LogP contribution in [0.5, 0.6) is 11.5 Å². The van der Waals surface area contributed by atoms with Gasteiger partial charge in [-0.25, -0.2) is 4.79 Å². The van der Waals surface area contributed by atoms with Crippen LogP contribution in [0.1, 0.15) is 63.2 Å². The van der Waals surface area contributed by atoms with Crippen LogP contribution < -0.4 is 26.2 Å². The van der Waals surface area contributed by atoms with Crippen LogP contribution in [-0.4, -0.2) is 95.9 Å². The van der Waals surface area contributed by atoms with Crippen molar-refractivity contribution >= 4 is 40.2 Å². The Labute approximate surface area is 356 Å². The Morgan fingerprint density at radius 1 is 0.902 bits per heavy atom. The van der Waals surface area contributed by atoms with Gasteiger partial charge in [-0.15, -0.1) is 0 Å². The number of hydrogen-bond acceptors (Lipinski definition) is 10. The van der Waals surface area contributed by atoms with Crippen LogP contribution in [0.3, 0.4) is 0 Å². The van der Waals surface area contributed by atoms with E-state index >= 15 is 0 Å². The summed E-state index contributed by atoms with van der Waals surface area (Å²) in [4.78, 5) is 56.7. The number of rotatable bonds is 18. The number of aromatic nitrogens is 1. The molecule has 1 saturated heterocycles. The third-order valence-corrected chi connectivity index (χ3v) is 10.7. The number of anilines is 2. The van der Waals surface area contributed by atoms with Crippen molar-refractivity contribution in [3.05, 3.63) is 119 Å². The molecule has 0 spiro atoms. The largest absolute Gasteiger partial charge is 0.506 e. The van der Waals surface area contributed by atoms with Gasteiger partial charge in [-0.3, -0.25) is 19.7 Å². The molecule has 3 amide bonds. The van der Waals surface area contributed by atoms with Gasteiger partial charge in [0.05, 0.1) is 30.1 Å². The maximum absolute atomic E-state index is 12.9. The highest BCUT2D eigenvalue weighted by Crippen LogP contribution is 2.30. The number of piperidine rings is 1. The van der Waals surface area contributed by atoms with E-state index in [4.69, 9.17) is 9.47 Å². The van der Waals surface area contributed by atoms with Gasteiger partial charge in [0.1, 0.15) is 17.6 Å².